The first-order chi connectivity index (χ1) is 6.17. The zero-order chi connectivity index (χ0) is 9.84. The van der Waals surface area contributed by atoms with Gasteiger partial charge in [0.15, 0.2) is 0 Å². The third kappa shape index (κ3) is 2.73. The normalized spacial score (nSPS) is 13.2. The summed E-state index contributed by atoms with van der Waals surface area (Å²) in [5.74, 6) is 1.25. The van der Waals surface area contributed by atoms with Gasteiger partial charge in [-0.15, -0.1) is 11.6 Å². The van der Waals surface area contributed by atoms with Crippen LogP contribution in [0.3, 0.4) is 0 Å². The molecule has 1 aromatic rings. The van der Waals surface area contributed by atoms with E-state index in [4.69, 9.17) is 11.6 Å². The van der Waals surface area contributed by atoms with Gasteiger partial charge < -0.3 is 0 Å². The maximum atomic E-state index is 5.77. The van der Waals surface area contributed by atoms with E-state index in [-0.39, 0.29) is 0 Å². The molecule has 0 saturated heterocycles. The first-order valence-electron chi connectivity index (χ1n) is 4.76. The minimum Gasteiger partial charge on any atom is -0.270 e. The zero-order valence-electron chi connectivity index (χ0n) is 8.55. The van der Waals surface area contributed by atoms with Crippen molar-refractivity contribution in [2.45, 2.75) is 33.7 Å². The van der Waals surface area contributed by atoms with Crippen LogP contribution in [0.2, 0.25) is 0 Å². The maximum Gasteiger partial charge on any atom is 0.0596 e. The van der Waals surface area contributed by atoms with Gasteiger partial charge in [-0.25, -0.2) is 0 Å². The fourth-order valence-electron chi connectivity index (χ4n) is 1.45. The lowest BCUT2D eigenvalue weighted by Gasteiger charge is -2.08. The van der Waals surface area contributed by atoms with Gasteiger partial charge in [-0.05, 0) is 32.3 Å². The van der Waals surface area contributed by atoms with Crippen LogP contribution in [-0.4, -0.2) is 15.7 Å². The average molecular weight is 201 g/mol. The molecule has 0 aliphatic rings. The van der Waals surface area contributed by atoms with Gasteiger partial charge in [0.25, 0.3) is 0 Å². The van der Waals surface area contributed by atoms with Crippen LogP contribution >= 0.6 is 11.6 Å². The minimum absolute atomic E-state index is 0.531. The lowest BCUT2D eigenvalue weighted by molar-refractivity contribution is 0.564. The summed E-state index contributed by atoms with van der Waals surface area (Å²) in [4.78, 5) is 0. The lowest BCUT2D eigenvalue weighted by atomic mass is 10.1. The number of hydrogen-bond donors (Lipinski definition) is 0. The summed E-state index contributed by atoms with van der Waals surface area (Å²) in [5, 5.41) is 4.39. The van der Waals surface area contributed by atoms with E-state index in [0.29, 0.717) is 11.8 Å². The predicted octanol–water partition coefficient (Wildman–Crippen LogP) is 2.63. The van der Waals surface area contributed by atoms with E-state index in [0.717, 1.165) is 18.7 Å². The van der Waals surface area contributed by atoms with Gasteiger partial charge >= 0.3 is 0 Å². The molecule has 0 saturated carbocycles. The molecule has 0 radical (unpaired) electrons. The van der Waals surface area contributed by atoms with Crippen molar-refractivity contribution < 1.29 is 0 Å². The van der Waals surface area contributed by atoms with Gasteiger partial charge in [-0.2, -0.15) is 5.10 Å². The van der Waals surface area contributed by atoms with E-state index in [1.54, 1.807) is 0 Å². The summed E-state index contributed by atoms with van der Waals surface area (Å²) in [6.07, 6.45) is 1.03. The van der Waals surface area contributed by atoms with Crippen molar-refractivity contribution in [1.29, 1.82) is 0 Å². The topological polar surface area (TPSA) is 17.8 Å². The van der Waals surface area contributed by atoms with Crippen molar-refractivity contribution in [2.75, 3.05) is 5.88 Å². The first kappa shape index (κ1) is 10.6. The van der Waals surface area contributed by atoms with E-state index in [9.17, 15) is 0 Å². The Bertz CT molecular complexity index is 268. The molecule has 1 atom stereocenters. The number of rotatable bonds is 4. The summed E-state index contributed by atoms with van der Waals surface area (Å²) >= 11 is 5.77. The van der Waals surface area contributed by atoms with E-state index in [1.165, 1.54) is 5.69 Å². The Morgan fingerprint density at radius 2 is 2.31 bits per heavy atom. The van der Waals surface area contributed by atoms with Gasteiger partial charge in [0.2, 0.25) is 0 Å². The van der Waals surface area contributed by atoms with Crippen molar-refractivity contribution in [3.05, 3.63) is 17.5 Å². The van der Waals surface area contributed by atoms with E-state index in [2.05, 4.69) is 29.7 Å². The Labute approximate surface area is 84.9 Å². The molecular weight excluding hydrogens is 184 g/mol. The Kier molecular flexibility index (Phi) is 3.79. The summed E-state index contributed by atoms with van der Waals surface area (Å²) in [6.45, 7) is 7.25. The second-order valence-electron chi connectivity index (χ2n) is 3.56. The third-order valence-electron chi connectivity index (χ3n) is 2.11. The average Bonchev–Trinajstić information content (AvgIpc) is 2.46. The van der Waals surface area contributed by atoms with Gasteiger partial charge in [-0.1, -0.05) is 6.92 Å². The first-order valence-corrected chi connectivity index (χ1v) is 5.30. The Morgan fingerprint density at radius 1 is 1.62 bits per heavy atom. The molecule has 0 amide bonds. The smallest absolute Gasteiger partial charge is 0.0596 e. The SMILES string of the molecule is CCn1nc(C)cc1CC(C)CCl. The molecule has 0 fully saturated rings. The maximum absolute atomic E-state index is 5.77. The molecule has 1 unspecified atom stereocenters. The van der Waals surface area contributed by atoms with E-state index < -0.39 is 0 Å². The highest BCUT2D eigenvalue weighted by molar-refractivity contribution is 6.18. The van der Waals surface area contributed by atoms with Crippen molar-refractivity contribution in [1.82, 2.24) is 9.78 Å². The van der Waals surface area contributed by atoms with Gasteiger partial charge in [0, 0.05) is 18.1 Å². The number of nitrogens with zero attached hydrogens (tertiary/aromatic N) is 2. The summed E-state index contributed by atoms with van der Waals surface area (Å²) < 4.78 is 2.05. The second kappa shape index (κ2) is 4.66. The molecule has 1 aromatic heterocycles. The number of aromatic nitrogens is 2. The third-order valence-corrected chi connectivity index (χ3v) is 2.63. The number of halogens is 1. The molecule has 1 rings (SSSR count). The molecule has 1 heterocycles. The van der Waals surface area contributed by atoms with Gasteiger partial charge in [0.1, 0.15) is 0 Å². The predicted molar refractivity (Wildman–Crippen MR) is 56.2 cm³/mol. The molecule has 74 valence electrons. The molecule has 13 heavy (non-hydrogen) atoms. The molecule has 0 bridgehead atoms. The largest absolute Gasteiger partial charge is 0.270 e. The molecule has 0 aliphatic heterocycles. The Morgan fingerprint density at radius 3 is 2.85 bits per heavy atom. The van der Waals surface area contributed by atoms with Gasteiger partial charge in [0.05, 0.1) is 5.69 Å². The number of hydrogen-bond acceptors (Lipinski definition) is 1. The van der Waals surface area contributed by atoms with E-state index >= 15 is 0 Å². The quantitative estimate of drug-likeness (QED) is 0.684. The molecule has 0 aliphatic carbocycles. The van der Waals surface area contributed by atoms with Crippen LogP contribution in [0.1, 0.15) is 25.2 Å². The number of alkyl halides is 1. The Balaban J connectivity index is 2.74. The van der Waals surface area contributed by atoms with Crippen LogP contribution in [0.25, 0.3) is 0 Å². The van der Waals surface area contributed by atoms with Crippen molar-refractivity contribution in [3.63, 3.8) is 0 Å². The standard InChI is InChI=1S/C10H17ClN2/c1-4-13-10(5-8(2)7-11)6-9(3)12-13/h6,8H,4-5,7H2,1-3H3. The minimum atomic E-state index is 0.531. The van der Waals surface area contributed by atoms with Crippen LogP contribution in [-0.2, 0) is 13.0 Å². The monoisotopic (exact) mass is 200 g/mol. The highest BCUT2D eigenvalue weighted by Gasteiger charge is 2.07. The zero-order valence-corrected chi connectivity index (χ0v) is 9.30. The second-order valence-corrected chi connectivity index (χ2v) is 3.87. The van der Waals surface area contributed by atoms with Crippen LogP contribution in [0.5, 0.6) is 0 Å². The molecular formula is C10H17ClN2. The highest BCUT2D eigenvalue weighted by atomic mass is 35.5. The summed E-state index contributed by atoms with van der Waals surface area (Å²) in [7, 11) is 0. The fourth-order valence-corrected chi connectivity index (χ4v) is 1.56. The highest BCUT2D eigenvalue weighted by Crippen LogP contribution is 2.11. The van der Waals surface area contributed by atoms with E-state index in [1.807, 2.05) is 6.92 Å². The summed E-state index contributed by atoms with van der Waals surface area (Å²) in [5.41, 5.74) is 2.40. The van der Waals surface area contributed by atoms with Crippen LogP contribution < -0.4 is 0 Å². The fraction of sp³-hybridized carbons (Fsp3) is 0.700. The van der Waals surface area contributed by atoms with Gasteiger partial charge in [-0.3, -0.25) is 4.68 Å². The van der Waals surface area contributed by atoms with Crippen molar-refractivity contribution in [2.24, 2.45) is 5.92 Å². The Hall–Kier alpha value is -0.500. The van der Waals surface area contributed by atoms with Crippen LogP contribution in [0.15, 0.2) is 6.07 Å². The molecule has 0 spiro atoms. The molecule has 3 heteroatoms. The van der Waals surface area contributed by atoms with Crippen molar-refractivity contribution in [3.8, 4) is 0 Å². The van der Waals surface area contributed by atoms with Crippen LogP contribution in [0, 0.1) is 12.8 Å². The van der Waals surface area contributed by atoms with Crippen LogP contribution in [0.4, 0.5) is 0 Å². The molecule has 0 aromatic carbocycles. The van der Waals surface area contributed by atoms with Crippen molar-refractivity contribution >= 4 is 11.6 Å². The number of aryl methyl sites for hydroxylation is 2. The molecule has 0 N–H and O–H groups in total. The molecule has 2 nitrogen and oxygen atoms in total. The lowest BCUT2D eigenvalue weighted by Crippen LogP contribution is -2.08. The summed E-state index contributed by atoms with van der Waals surface area (Å²) in [6, 6.07) is 2.15.